The third-order valence-corrected chi connectivity index (χ3v) is 5.88. The second-order valence-corrected chi connectivity index (χ2v) is 8.88. The molecule has 36 heavy (non-hydrogen) atoms. The third kappa shape index (κ3) is 8.72. The number of benzene rings is 2. The van der Waals surface area contributed by atoms with E-state index in [9.17, 15) is 4.39 Å². The molecule has 0 spiro atoms. The Morgan fingerprint density at radius 1 is 0.972 bits per heavy atom. The van der Waals surface area contributed by atoms with Crippen LogP contribution in [0, 0.1) is 5.82 Å². The first kappa shape index (κ1) is 27.3. The fourth-order valence-corrected chi connectivity index (χ4v) is 3.78. The highest BCUT2D eigenvalue weighted by Crippen LogP contribution is 2.26. The summed E-state index contributed by atoms with van der Waals surface area (Å²) in [5, 5.41) is 0. The van der Waals surface area contributed by atoms with E-state index in [-0.39, 0.29) is 12.4 Å². The molecule has 1 unspecified atom stereocenters. The van der Waals surface area contributed by atoms with Gasteiger partial charge in [-0.2, -0.15) is 0 Å². The van der Waals surface area contributed by atoms with Crippen LogP contribution in [0.4, 0.5) is 4.39 Å². The highest BCUT2D eigenvalue weighted by molar-refractivity contribution is 5.65. The summed E-state index contributed by atoms with van der Waals surface area (Å²) in [4.78, 5) is 8.97. The first-order chi connectivity index (χ1) is 17.6. The van der Waals surface area contributed by atoms with Gasteiger partial charge in [-0.25, -0.2) is 14.4 Å². The summed E-state index contributed by atoms with van der Waals surface area (Å²) in [5.41, 5.74) is 3.52. The number of unbranched alkanes of at least 4 members (excludes halogenated alkanes) is 3. The molecule has 0 N–H and O–H groups in total. The van der Waals surface area contributed by atoms with Crippen molar-refractivity contribution in [1.29, 1.82) is 0 Å². The molecule has 0 saturated carbocycles. The van der Waals surface area contributed by atoms with Gasteiger partial charge in [-0.1, -0.05) is 74.9 Å². The largest absolute Gasteiger partial charge is 0.486 e. The molecule has 1 atom stereocenters. The molecule has 3 aromatic rings. The van der Waals surface area contributed by atoms with Crippen molar-refractivity contribution in [3.05, 3.63) is 85.0 Å². The van der Waals surface area contributed by atoms with Crippen molar-refractivity contribution in [2.45, 2.75) is 58.5 Å². The lowest BCUT2D eigenvalue weighted by Crippen LogP contribution is -2.08. The van der Waals surface area contributed by atoms with Crippen molar-refractivity contribution >= 4 is 6.08 Å². The van der Waals surface area contributed by atoms with Crippen LogP contribution >= 0.6 is 0 Å². The maximum atomic E-state index is 14.3. The summed E-state index contributed by atoms with van der Waals surface area (Å²) < 4.78 is 25.4. The minimum absolute atomic E-state index is 0.201. The molecule has 0 aliphatic carbocycles. The van der Waals surface area contributed by atoms with Gasteiger partial charge in [0.15, 0.2) is 17.4 Å². The highest BCUT2D eigenvalue weighted by atomic mass is 19.1. The predicted octanol–water partition coefficient (Wildman–Crippen LogP) is 8.29. The van der Waals surface area contributed by atoms with Crippen molar-refractivity contribution in [1.82, 2.24) is 9.97 Å². The summed E-state index contributed by atoms with van der Waals surface area (Å²) in [6.07, 6.45) is 16.6. The Morgan fingerprint density at radius 2 is 1.72 bits per heavy atom. The summed E-state index contributed by atoms with van der Waals surface area (Å²) in [5.74, 6) is 0.410. The van der Waals surface area contributed by atoms with E-state index in [0.29, 0.717) is 17.5 Å². The third-order valence-electron chi connectivity index (χ3n) is 5.88. The second kappa shape index (κ2) is 14.9. The molecule has 0 radical (unpaired) electrons. The normalized spacial score (nSPS) is 12.1. The number of hydrogen-bond acceptors (Lipinski definition) is 4. The highest BCUT2D eigenvalue weighted by Gasteiger charge is 2.08. The van der Waals surface area contributed by atoms with E-state index in [1.807, 2.05) is 12.1 Å². The van der Waals surface area contributed by atoms with Crippen LogP contribution in [-0.2, 0) is 4.74 Å². The molecule has 0 fully saturated rings. The van der Waals surface area contributed by atoms with Gasteiger partial charge in [0.25, 0.3) is 0 Å². The molecular weight excluding hydrogens is 451 g/mol. The van der Waals surface area contributed by atoms with Gasteiger partial charge in [0.05, 0.1) is 6.10 Å². The zero-order valence-electron chi connectivity index (χ0n) is 21.5. The number of allylic oxidation sites excluding steroid dienone is 1. The molecule has 0 bridgehead atoms. The lowest BCUT2D eigenvalue weighted by molar-refractivity contribution is 0.0566. The molecule has 0 aliphatic rings. The number of halogens is 1. The van der Waals surface area contributed by atoms with E-state index in [1.54, 1.807) is 30.6 Å². The van der Waals surface area contributed by atoms with Gasteiger partial charge in [-0.3, -0.25) is 0 Å². The maximum Gasteiger partial charge on any atom is 0.165 e. The molecule has 1 aromatic heterocycles. The van der Waals surface area contributed by atoms with Gasteiger partial charge < -0.3 is 9.47 Å². The number of nitrogens with zero attached hydrogens (tertiary/aromatic N) is 2. The molecular formula is C31H37FN2O2. The van der Waals surface area contributed by atoms with Crippen LogP contribution in [0.5, 0.6) is 5.75 Å². The van der Waals surface area contributed by atoms with Gasteiger partial charge >= 0.3 is 0 Å². The number of rotatable bonds is 15. The predicted molar refractivity (Wildman–Crippen MR) is 146 cm³/mol. The zero-order chi connectivity index (χ0) is 25.6. The van der Waals surface area contributed by atoms with Crippen molar-refractivity contribution in [2.75, 3.05) is 13.2 Å². The van der Waals surface area contributed by atoms with Gasteiger partial charge in [-0.05, 0) is 55.9 Å². The second-order valence-electron chi connectivity index (χ2n) is 8.88. The van der Waals surface area contributed by atoms with Crippen LogP contribution in [0.2, 0.25) is 0 Å². The fourth-order valence-electron chi connectivity index (χ4n) is 3.78. The van der Waals surface area contributed by atoms with Crippen LogP contribution in [0.25, 0.3) is 28.6 Å². The van der Waals surface area contributed by atoms with Crippen LogP contribution < -0.4 is 4.74 Å². The molecule has 0 saturated heterocycles. The Balaban J connectivity index is 1.49. The van der Waals surface area contributed by atoms with E-state index in [4.69, 9.17) is 9.47 Å². The minimum atomic E-state index is -0.424. The quantitative estimate of drug-likeness (QED) is 0.159. The zero-order valence-corrected chi connectivity index (χ0v) is 21.5. The number of aromatic nitrogens is 2. The summed E-state index contributed by atoms with van der Waals surface area (Å²) >= 11 is 0. The monoisotopic (exact) mass is 488 g/mol. The van der Waals surface area contributed by atoms with Gasteiger partial charge in [0.2, 0.25) is 0 Å². The Bertz CT molecular complexity index is 1090. The lowest BCUT2D eigenvalue weighted by Gasteiger charge is -2.11. The van der Waals surface area contributed by atoms with Gasteiger partial charge in [-0.15, -0.1) is 0 Å². The first-order valence-corrected chi connectivity index (χ1v) is 12.8. The van der Waals surface area contributed by atoms with E-state index in [0.717, 1.165) is 49.0 Å². The van der Waals surface area contributed by atoms with E-state index in [1.165, 1.54) is 18.9 Å². The van der Waals surface area contributed by atoms with E-state index in [2.05, 4.69) is 54.7 Å². The first-order valence-electron chi connectivity index (χ1n) is 12.8. The van der Waals surface area contributed by atoms with E-state index < -0.39 is 5.82 Å². The molecule has 190 valence electrons. The van der Waals surface area contributed by atoms with Gasteiger partial charge in [0, 0.05) is 30.1 Å². The topological polar surface area (TPSA) is 44.2 Å². The van der Waals surface area contributed by atoms with E-state index >= 15 is 0 Å². The molecule has 0 aliphatic heterocycles. The van der Waals surface area contributed by atoms with Crippen molar-refractivity contribution in [2.24, 2.45) is 0 Å². The Kier molecular flexibility index (Phi) is 11.3. The smallest absolute Gasteiger partial charge is 0.165 e. The molecule has 1 heterocycles. The molecule has 5 heteroatoms. The molecule has 4 nitrogen and oxygen atoms in total. The summed E-state index contributed by atoms with van der Waals surface area (Å²) in [6.45, 7) is 9.09. The Labute approximate surface area is 214 Å². The van der Waals surface area contributed by atoms with Crippen LogP contribution in [0.15, 0.2) is 73.6 Å². The fraction of sp³-hybridized carbons (Fsp3) is 0.355. The minimum Gasteiger partial charge on any atom is -0.486 e. The summed E-state index contributed by atoms with van der Waals surface area (Å²) in [7, 11) is 0. The van der Waals surface area contributed by atoms with Crippen LogP contribution in [0.3, 0.4) is 0 Å². The average molecular weight is 489 g/mol. The van der Waals surface area contributed by atoms with Crippen molar-refractivity contribution in [3.63, 3.8) is 0 Å². The van der Waals surface area contributed by atoms with Crippen molar-refractivity contribution in [3.8, 4) is 28.3 Å². The maximum absolute atomic E-state index is 14.3. The van der Waals surface area contributed by atoms with Crippen molar-refractivity contribution < 1.29 is 13.9 Å². The van der Waals surface area contributed by atoms with Crippen LogP contribution in [-0.4, -0.2) is 29.3 Å². The SMILES string of the molecule is C=CCOc1ccc(-c2cnc(-c3ccc(C=CCCCC(C)OCCCCC)cc3)nc2)cc1F. The summed E-state index contributed by atoms with van der Waals surface area (Å²) in [6, 6.07) is 13.0. The Hall–Kier alpha value is -3.31. The van der Waals surface area contributed by atoms with Crippen LogP contribution in [0.1, 0.15) is 57.9 Å². The van der Waals surface area contributed by atoms with Gasteiger partial charge in [0.1, 0.15) is 6.61 Å². The lowest BCUT2D eigenvalue weighted by atomic mass is 10.1. The average Bonchev–Trinajstić information content (AvgIpc) is 2.91. The molecule has 3 rings (SSSR count). The molecule has 0 amide bonds. The Morgan fingerprint density at radius 3 is 2.42 bits per heavy atom. The standard InChI is InChI=1S/C31H37FN2O2/c1-4-6-10-20-35-24(3)11-8-7-9-12-25-13-15-26(16-14-25)31-33-22-28(23-34-31)27-17-18-30(29(32)21-27)36-19-5-2/h5,9,12-18,21-24H,2,4,6-8,10-11,19-20H2,1,3H3. The number of hydrogen-bond donors (Lipinski definition) is 0. The number of ether oxygens (including phenoxy) is 2. The molecule has 2 aromatic carbocycles.